The molecule has 0 aliphatic rings. The average molecular weight is 281 g/mol. The van der Waals surface area contributed by atoms with Crippen molar-refractivity contribution < 1.29 is 4.74 Å². The Morgan fingerprint density at radius 1 is 1.42 bits per heavy atom. The monoisotopic (exact) mass is 281 g/mol. The van der Waals surface area contributed by atoms with Crippen LogP contribution in [0, 0.1) is 13.8 Å². The summed E-state index contributed by atoms with van der Waals surface area (Å²) < 4.78 is 4.98. The van der Waals surface area contributed by atoms with Crippen molar-refractivity contribution in [3.05, 3.63) is 26.6 Å². The highest BCUT2D eigenvalue weighted by Gasteiger charge is 2.11. The predicted molar refractivity (Wildman–Crippen MR) is 77.9 cm³/mol. The van der Waals surface area contributed by atoms with Gasteiger partial charge in [0.1, 0.15) is 10.7 Å². The molecule has 0 unspecified atom stereocenters. The Labute approximate surface area is 116 Å². The molecule has 0 atom stereocenters. The third-order valence-corrected chi connectivity index (χ3v) is 4.18. The maximum Gasteiger partial charge on any atom is 0.259 e. The normalized spacial score (nSPS) is 11.3. The molecule has 6 heteroatoms. The van der Waals surface area contributed by atoms with Crippen molar-refractivity contribution in [2.75, 3.05) is 20.3 Å². The number of hydrogen-bond acceptors (Lipinski definition) is 5. The highest BCUT2D eigenvalue weighted by molar-refractivity contribution is 7.18. The van der Waals surface area contributed by atoms with E-state index in [1.807, 2.05) is 13.8 Å². The predicted octanol–water partition coefficient (Wildman–Crippen LogP) is 1.73. The van der Waals surface area contributed by atoms with Crippen molar-refractivity contribution in [3.8, 4) is 0 Å². The SMILES string of the molecule is COCCCNCc1nc2sc(C)c(C)c2c(=O)[nH]1. The Kier molecular flexibility index (Phi) is 4.68. The summed E-state index contributed by atoms with van der Waals surface area (Å²) in [5.41, 5.74) is 0.994. The van der Waals surface area contributed by atoms with Gasteiger partial charge in [0.25, 0.3) is 5.56 Å². The van der Waals surface area contributed by atoms with Crippen LogP contribution in [-0.4, -0.2) is 30.2 Å². The lowest BCUT2D eigenvalue weighted by Crippen LogP contribution is -2.20. The summed E-state index contributed by atoms with van der Waals surface area (Å²) in [6.45, 7) is 6.14. The number of fused-ring (bicyclic) bond motifs is 1. The Bertz CT molecular complexity index is 618. The molecule has 2 N–H and O–H groups in total. The summed E-state index contributed by atoms with van der Waals surface area (Å²) in [5.74, 6) is 0.691. The second kappa shape index (κ2) is 6.27. The van der Waals surface area contributed by atoms with Crippen LogP contribution in [0.5, 0.6) is 0 Å². The van der Waals surface area contributed by atoms with Crippen molar-refractivity contribution >= 4 is 21.6 Å². The van der Waals surface area contributed by atoms with Crippen LogP contribution in [-0.2, 0) is 11.3 Å². The molecule has 0 aliphatic carbocycles. The van der Waals surface area contributed by atoms with Crippen LogP contribution in [0.2, 0.25) is 0 Å². The third kappa shape index (κ3) is 3.20. The second-order valence-corrected chi connectivity index (χ2v) is 5.70. The van der Waals surface area contributed by atoms with E-state index in [0.717, 1.165) is 40.2 Å². The van der Waals surface area contributed by atoms with Crippen LogP contribution >= 0.6 is 11.3 Å². The highest BCUT2D eigenvalue weighted by atomic mass is 32.1. The molecule has 2 aromatic rings. The minimum Gasteiger partial charge on any atom is -0.385 e. The van der Waals surface area contributed by atoms with E-state index in [9.17, 15) is 4.79 Å². The van der Waals surface area contributed by atoms with Crippen molar-refractivity contribution in [1.82, 2.24) is 15.3 Å². The van der Waals surface area contributed by atoms with Gasteiger partial charge in [-0.1, -0.05) is 0 Å². The summed E-state index contributed by atoms with van der Waals surface area (Å²) in [6.07, 6.45) is 0.945. The van der Waals surface area contributed by atoms with Gasteiger partial charge in [0.2, 0.25) is 0 Å². The highest BCUT2D eigenvalue weighted by Crippen LogP contribution is 2.25. The molecule has 2 aromatic heterocycles. The van der Waals surface area contributed by atoms with Gasteiger partial charge in [0.05, 0.1) is 11.9 Å². The third-order valence-electron chi connectivity index (χ3n) is 3.08. The van der Waals surface area contributed by atoms with Gasteiger partial charge in [-0.05, 0) is 32.4 Å². The van der Waals surface area contributed by atoms with Gasteiger partial charge in [0, 0.05) is 18.6 Å². The smallest absolute Gasteiger partial charge is 0.259 e. The average Bonchev–Trinajstić information content (AvgIpc) is 2.65. The summed E-state index contributed by atoms with van der Waals surface area (Å²) in [4.78, 5) is 21.4. The van der Waals surface area contributed by atoms with Crippen LogP contribution in [0.15, 0.2) is 4.79 Å². The summed E-state index contributed by atoms with van der Waals surface area (Å²) in [5, 5.41) is 3.97. The van der Waals surface area contributed by atoms with Crippen molar-refractivity contribution in [1.29, 1.82) is 0 Å². The zero-order valence-corrected chi connectivity index (χ0v) is 12.3. The first-order chi connectivity index (χ1) is 9.13. The number of methoxy groups -OCH3 is 1. The fourth-order valence-electron chi connectivity index (χ4n) is 1.93. The molecule has 0 radical (unpaired) electrons. The van der Waals surface area contributed by atoms with Gasteiger partial charge in [-0.2, -0.15) is 0 Å². The van der Waals surface area contributed by atoms with Gasteiger partial charge < -0.3 is 15.0 Å². The van der Waals surface area contributed by atoms with Crippen molar-refractivity contribution in [2.24, 2.45) is 0 Å². The second-order valence-electron chi connectivity index (χ2n) is 4.50. The van der Waals surface area contributed by atoms with E-state index in [2.05, 4.69) is 15.3 Å². The maximum atomic E-state index is 12.0. The molecule has 2 rings (SSSR count). The first-order valence-electron chi connectivity index (χ1n) is 6.32. The topological polar surface area (TPSA) is 67.0 Å². The molecule has 0 aliphatic heterocycles. The minimum absolute atomic E-state index is 0.0412. The van der Waals surface area contributed by atoms with Crippen LogP contribution in [0.3, 0.4) is 0 Å². The summed E-state index contributed by atoms with van der Waals surface area (Å²) in [7, 11) is 1.69. The first-order valence-corrected chi connectivity index (χ1v) is 7.13. The zero-order chi connectivity index (χ0) is 13.8. The molecule has 0 bridgehead atoms. The van der Waals surface area contributed by atoms with Crippen molar-refractivity contribution in [2.45, 2.75) is 26.8 Å². The molecule has 0 amide bonds. The number of aromatic amines is 1. The Balaban J connectivity index is 2.11. The van der Waals surface area contributed by atoms with E-state index in [0.29, 0.717) is 12.4 Å². The van der Waals surface area contributed by atoms with Gasteiger partial charge in [-0.15, -0.1) is 11.3 Å². The lowest BCUT2D eigenvalue weighted by Gasteiger charge is -2.04. The summed E-state index contributed by atoms with van der Waals surface area (Å²) in [6, 6.07) is 0. The maximum absolute atomic E-state index is 12.0. The molecule has 104 valence electrons. The number of ether oxygens (including phenoxy) is 1. The number of aromatic nitrogens is 2. The molecule has 0 aromatic carbocycles. The van der Waals surface area contributed by atoms with Crippen molar-refractivity contribution in [3.63, 3.8) is 0 Å². The lowest BCUT2D eigenvalue weighted by atomic mass is 10.2. The number of H-pyrrole nitrogens is 1. The van der Waals surface area contributed by atoms with E-state index < -0.39 is 0 Å². The fraction of sp³-hybridized carbons (Fsp3) is 0.538. The van der Waals surface area contributed by atoms with E-state index >= 15 is 0 Å². The number of rotatable bonds is 6. The van der Waals surface area contributed by atoms with Crippen LogP contribution in [0.1, 0.15) is 22.7 Å². The standard InChI is InChI=1S/C13H19N3O2S/c1-8-9(2)19-13-11(8)12(17)15-10(16-13)7-14-5-4-6-18-3/h14H,4-7H2,1-3H3,(H,15,16,17). The molecule has 5 nitrogen and oxygen atoms in total. The quantitative estimate of drug-likeness (QED) is 0.791. The van der Waals surface area contributed by atoms with Gasteiger partial charge in [-0.25, -0.2) is 4.98 Å². The number of nitrogens with one attached hydrogen (secondary N) is 2. The van der Waals surface area contributed by atoms with Gasteiger partial charge in [0.15, 0.2) is 0 Å². The van der Waals surface area contributed by atoms with Crippen LogP contribution in [0.4, 0.5) is 0 Å². The first kappa shape index (κ1) is 14.2. The largest absolute Gasteiger partial charge is 0.385 e. The van der Waals surface area contributed by atoms with E-state index in [1.165, 1.54) is 0 Å². The number of thiophene rings is 1. The molecular formula is C13H19N3O2S. The van der Waals surface area contributed by atoms with Gasteiger partial charge in [-0.3, -0.25) is 4.79 Å². The zero-order valence-electron chi connectivity index (χ0n) is 11.5. The molecule has 2 heterocycles. The molecular weight excluding hydrogens is 262 g/mol. The molecule has 19 heavy (non-hydrogen) atoms. The Morgan fingerprint density at radius 2 is 2.21 bits per heavy atom. The molecule has 0 spiro atoms. The van der Waals surface area contributed by atoms with Gasteiger partial charge >= 0.3 is 0 Å². The number of hydrogen-bond donors (Lipinski definition) is 2. The summed E-state index contributed by atoms with van der Waals surface area (Å²) >= 11 is 1.58. The van der Waals surface area contributed by atoms with E-state index in [-0.39, 0.29) is 5.56 Å². The number of aryl methyl sites for hydroxylation is 2. The van der Waals surface area contributed by atoms with E-state index in [1.54, 1.807) is 18.4 Å². The lowest BCUT2D eigenvalue weighted by molar-refractivity contribution is 0.194. The molecule has 0 saturated heterocycles. The Morgan fingerprint density at radius 3 is 2.95 bits per heavy atom. The van der Waals surface area contributed by atoms with E-state index in [4.69, 9.17) is 4.74 Å². The van der Waals surface area contributed by atoms with Crippen LogP contribution in [0.25, 0.3) is 10.2 Å². The van der Waals surface area contributed by atoms with Crippen LogP contribution < -0.4 is 10.9 Å². The molecule has 0 saturated carbocycles. The Hall–Kier alpha value is -1.24. The minimum atomic E-state index is -0.0412. The molecule has 0 fully saturated rings. The fourth-order valence-corrected chi connectivity index (χ4v) is 2.98. The number of nitrogens with zero attached hydrogens (tertiary/aromatic N) is 1.